The molecule has 1 heterocycles. The molecule has 1 N–H and O–H groups in total. The molecule has 31 heavy (non-hydrogen) atoms. The first-order valence-electron chi connectivity index (χ1n) is 11.6. The number of hydrogen-bond acceptors (Lipinski definition) is 3. The molecule has 5 nitrogen and oxygen atoms in total. The topological polar surface area (TPSA) is 52.7 Å². The average Bonchev–Trinajstić information content (AvgIpc) is 2.81. The Hall–Kier alpha value is -2.82. The van der Waals surface area contributed by atoms with Crippen molar-refractivity contribution in [3.05, 3.63) is 60.2 Å². The van der Waals surface area contributed by atoms with Crippen molar-refractivity contribution in [3.8, 4) is 0 Å². The van der Waals surface area contributed by atoms with Crippen LogP contribution in [0.3, 0.4) is 0 Å². The van der Waals surface area contributed by atoms with Crippen LogP contribution < -0.4 is 10.2 Å². The Morgan fingerprint density at radius 1 is 0.839 bits per heavy atom. The molecule has 0 bridgehead atoms. The van der Waals surface area contributed by atoms with Gasteiger partial charge in [-0.25, -0.2) is 0 Å². The van der Waals surface area contributed by atoms with Gasteiger partial charge >= 0.3 is 0 Å². The summed E-state index contributed by atoms with van der Waals surface area (Å²) in [6.07, 6.45) is 2.58. The second kappa shape index (κ2) is 11.0. The predicted octanol–water partition coefficient (Wildman–Crippen LogP) is 4.90. The Morgan fingerprint density at radius 3 is 2.00 bits per heavy atom. The first kappa shape index (κ1) is 22.9. The summed E-state index contributed by atoms with van der Waals surface area (Å²) in [6, 6.07) is 18.0. The maximum atomic E-state index is 12.8. The van der Waals surface area contributed by atoms with Gasteiger partial charge < -0.3 is 15.1 Å². The molecule has 1 saturated heterocycles. The highest BCUT2D eigenvalue weighted by molar-refractivity contribution is 5.96. The summed E-state index contributed by atoms with van der Waals surface area (Å²) in [5, 5.41) is 3.06. The van der Waals surface area contributed by atoms with E-state index in [1.54, 1.807) is 0 Å². The number of nitrogens with zero attached hydrogens (tertiary/aromatic N) is 2. The van der Waals surface area contributed by atoms with Gasteiger partial charge in [-0.3, -0.25) is 9.59 Å². The maximum absolute atomic E-state index is 12.8. The van der Waals surface area contributed by atoms with E-state index in [0.29, 0.717) is 5.91 Å². The normalized spacial score (nSPS) is 15.1. The van der Waals surface area contributed by atoms with Crippen molar-refractivity contribution >= 4 is 23.2 Å². The van der Waals surface area contributed by atoms with Crippen molar-refractivity contribution in [2.45, 2.75) is 46.0 Å². The molecule has 0 unspecified atom stereocenters. The van der Waals surface area contributed by atoms with E-state index in [4.69, 9.17) is 0 Å². The van der Waals surface area contributed by atoms with Crippen molar-refractivity contribution in [3.63, 3.8) is 0 Å². The highest BCUT2D eigenvalue weighted by atomic mass is 16.2. The number of anilines is 2. The van der Waals surface area contributed by atoms with Crippen molar-refractivity contribution < 1.29 is 9.59 Å². The minimum atomic E-state index is -0.151. The lowest BCUT2D eigenvalue weighted by Gasteiger charge is -2.37. The summed E-state index contributed by atoms with van der Waals surface area (Å²) >= 11 is 0. The average molecular weight is 422 g/mol. The van der Waals surface area contributed by atoms with Crippen LogP contribution in [0.1, 0.15) is 51.5 Å². The van der Waals surface area contributed by atoms with Crippen LogP contribution in [0.2, 0.25) is 0 Å². The third kappa shape index (κ3) is 5.66. The quantitative estimate of drug-likeness (QED) is 0.659. The summed E-state index contributed by atoms with van der Waals surface area (Å²) in [5.41, 5.74) is 2.98. The summed E-state index contributed by atoms with van der Waals surface area (Å²) in [4.78, 5) is 29.7. The first-order chi connectivity index (χ1) is 15.1. The SMILES string of the molecule is CCC(CC)C(=O)N1CCN(c2ccc(NC(=O)[C@H](CC)c3ccccc3)cc2)CC1. The molecule has 1 aliphatic heterocycles. The van der Waals surface area contributed by atoms with Crippen LogP contribution in [0.5, 0.6) is 0 Å². The van der Waals surface area contributed by atoms with E-state index < -0.39 is 0 Å². The van der Waals surface area contributed by atoms with Crippen LogP contribution in [0, 0.1) is 5.92 Å². The molecule has 0 saturated carbocycles. The van der Waals surface area contributed by atoms with Crippen LogP contribution in [0.4, 0.5) is 11.4 Å². The fourth-order valence-corrected chi connectivity index (χ4v) is 4.32. The van der Waals surface area contributed by atoms with Crippen LogP contribution in [0.25, 0.3) is 0 Å². The molecular weight excluding hydrogens is 386 g/mol. The Morgan fingerprint density at radius 2 is 1.45 bits per heavy atom. The molecular formula is C26H35N3O2. The third-order valence-corrected chi connectivity index (χ3v) is 6.35. The molecule has 5 heteroatoms. The highest BCUT2D eigenvalue weighted by Gasteiger charge is 2.25. The number of rotatable bonds is 8. The Balaban J connectivity index is 1.56. The molecule has 0 aliphatic carbocycles. The molecule has 0 spiro atoms. The van der Waals surface area contributed by atoms with Gasteiger partial charge in [0.1, 0.15) is 0 Å². The first-order valence-corrected chi connectivity index (χ1v) is 11.6. The Bertz CT molecular complexity index is 839. The fourth-order valence-electron chi connectivity index (χ4n) is 4.32. The Kier molecular flexibility index (Phi) is 8.10. The number of nitrogens with one attached hydrogen (secondary N) is 1. The van der Waals surface area contributed by atoms with Crippen molar-refractivity contribution in [2.75, 3.05) is 36.4 Å². The van der Waals surface area contributed by atoms with Gasteiger partial charge in [-0.2, -0.15) is 0 Å². The van der Waals surface area contributed by atoms with E-state index in [9.17, 15) is 9.59 Å². The van der Waals surface area contributed by atoms with Gasteiger partial charge in [0.2, 0.25) is 11.8 Å². The number of piperazine rings is 1. The highest BCUT2D eigenvalue weighted by Crippen LogP contribution is 2.24. The van der Waals surface area contributed by atoms with Gasteiger partial charge in [-0.05, 0) is 49.1 Å². The number of carbonyl (C=O) groups is 2. The van der Waals surface area contributed by atoms with Gasteiger partial charge in [0.05, 0.1) is 5.92 Å². The van der Waals surface area contributed by atoms with Gasteiger partial charge in [-0.1, -0.05) is 51.1 Å². The van der Waals surface area contributed by atoms with Crippen LogP contribution in [0.15, 0.2) is 54.6 Å². The van der Waals surface area contributed by atoms with Gasteiger partial charge in [0, 0.05) is 43.5 Å². The number of hydrogen-bond donors (Lipinski definition) is 1. The van der Waals surface area contributed by atoms with Gasteiger partial charge in [0.25, 0.3) is 0 Å². The lowest BCUT2D eigenvalue weighted by Crippen LogP contribution is -2.50. The van der Waals surface area contributed by atoms with Gasteiger partial charge in [-0.15, -0.1) is 0 Å². The monoisotopic (exact) mass is 421 g/mol. The number of amides is 2. The molecule has 166 valence electrons. The fraction of sp³-hybridized carbons (Fsp3) is 0.462. The lowest BCUT2D eigenvalue weighted by molar-refractivity contribution is -0.136. The van der Waals surface area contributed by atoms with Crippen molar-refractivity contribution in [1.82, 2.24) is 4.90 Å². The van der Waals surface area contributed by atoms with Crippen LogP contribution in [-0.2, 0) is 9.59 Å². The van der Waals surface area contributed by atoms with E-state index in [0.717, 1.165) is 62.4 Å². The molecule has 3 rings (SSSR count). The molecule has 1 atom stereocenters. The molecule has 0 aromatic heterocycles. The van der Waals surface area contributed by atoms with E-state index in [2.05, 4.69) is 36.2 Å². The second-order valence-electron chi connectivity index (χ2n) is 8.23. The van der Waals surface area contributed by atoms with E-state index in [1.165, 1.54) is 0 Å². The molecule has 2 aromatic rings. The number of benzene rings is 2. The molecule has 0 radical (unpaired) electrons. The minimum Gasteiger partial charge on any atom is -0.368 e. The summed E-state index contributed by atoms with van der Waals surface area (Å²) in [6.45, 7) is 9.42. The van der Waals surface area contributed by atoms with Crippen LogP contribution in [-0.4, -0.2) is 42.9 Å². The zero-order chi connectivity index (χ0) is 22.2. The van der Waals surface area contributed by atoms with E-state index in [-0.39, 0.29) is 17.7 Å². The van der Waals surface area contributed by atoms with Crippen LogP contribution >= 0.6 is 0 Å². The molecule has 1 fully saturated rings. The predicted molar refractivity (Wildman–Crippen MR) is 127 cm³/mol. The zero-order valence-corrected chi connectivity index (χ0v) is 19.0. The summed E-state index contributed by atoms with van der Waals surface area (Å²) in [5.74, 6) is 0.320. The van der Waals surface area contributed by atoms with Crippen molar-refractivity contribution in [2.24, 2.45) is 5.92 Å². The van der Waals surface area contributed by atoms with E-state index >= 15 is 0 Å². The standard InChI is InChI=1S/C26H35N3O2/c1-4-20(5-2)26(31)29-18-16-28(17-19-29)23-14-12-22(13-15-23)27-25(30)24(6-3)21-10-8-7-9-11-21/h7-15,20,24H,4-6,16-19H2,1-3H3,(H,27,30)/t24-/m1/s1. The molecule has 1 aliphatic rings. The summed E-state index contributed by atoms with van der Waals surface area (Å²) < 4.78 is 0. The molecule has 2 amide bonds. The smallest absolute Gasteiger partial charge is 0.231 e. The lowest BCUT2D eigenvalue weighted by atomic mass is 9.95. The zero-order valence-electron chi connectivity index (χ0n) is 19.0. The summed E-state index contributed by atoms with van der Waals surface area (Å²) in [7, 11) is 0. The maximum Gasteiger partial charge on any atom is 0.231 e. The Labute approximate surface area is 186 Å². The van der Waals surface area contributed by atoms with Crippen molar-refractivity contribution in [1.29, 1.82) is 0 Å². The van der Waals surface area contributed by atoms with Gasteiger partial charge in [0.15, 0.2) is 0 Å². The second-order valence-corrected chi connectivity index (χ2v) is 8.23. The largest absolute Gasteiger partial charge is 0.368 e. The minimum absolute atomic E-state index is 0.0231. The number of carbonyl (C=O) groups excluding carboxylic acids is 2. The third-order valence-electron chi connectivity index (χ3n) is 6.35. The molecule has 2 aromatic carbocycles. The van der Waals surface area contributed by atoms with E-state index in [1.807, 2.05) is 54.3 Å².